The summed E-state index contributed by atoms with van der Waals surface area (Å²) in [7, 11) is 0. The highest BCUT2D eigenvalue weighted by Gasteiger charge is 2.29. The SMILES string of the molecule is O=c1[nH]cc(-c2ccc(C(F)(F)F)cc2)[nH]1. The first-order valence-corrected chi connectivity index (χ1v) is 4.42. The van der Waals surface area contributed by atoms with Crippen molar-refractivity contribution in [1.82, 2.24) is 9.97 Å². The fourth-order valence-electron chi connectivity index (χ4n) is 1.33. The molecule has 2 rings (SSSR count). The molecule has 6 heteroatoms. The van der Waals surface area contributed by atoms with Crippen LogP contribution in [0, 0.1) is 0 Å². The van der Waals surface area contributed by atoms with Gasteiger partial charge in [-0.3, -0.25) is 0 Å². The van der Waals surface area contributed by atoms with Crippen molar-refractivity contribution in [3.63, 3.8) is 0 Å². The summed E-state index contributed by atoms with van der Waals surface area (Å²) in [6.07, 6.45) is -2.94. The van der Waals surface area contributed by atoms with E-state index >= 15 is 0 Å². The maximum Gasteiger partial charge on any atom is 0.416 e. The van der Waals surface area contributed by atoms with Crippen LogP contribution in [0.2, 0.25) is 0 Å². The lowest BCUT2D eigenvalue weighted by molar-refractivity contribution is -0.137. The zero-order valence-corrected chi connectivity index (χ0v) is 7.93. The number of nitrogens with one attached hydrogen (secondary N) is 2. The Labute approximate surface area is 87.9 Å². The van der Waals surface area contributed by atoms with Crippen LogP contribution in [0.4, 0.5) is 13.2 Å². The Bertz CT molecular complexity index is 536. The zero-order chi connectivity index (χ0) is 11.8. The van der Waals surface area contributed by atoms with Crippen LogP contribution < -0.4 is 5.69 Å². The van der Waals surface area contributed by atoms with E-state index in [4.69, 9.17) is 0 Å². The van der Waals surface area contributed by atoms with Gasteiger partial charge in [-0.25, -0.2) is 4.79 Å². The van der Waals surface area contributed by atoms with Crippen molar-refractivity contribution in [1.29, 1.82) is 0 Å². The number of imidazole rings is 1. The van der Waals surface area contributed by atoms with Crippen LogP contribution in [0.3, 0.4) is 0 Å². The molecule has 0 radical (unpaired) electrons. The standard InChI is InChI=1S/C10H7F3N2O/c11-10(12,13)7-3-1-6(2-4-7)8-5-14-9(16)15-8/h1-5H,(H2,14,15,16). The first-order chi connectivity index (χ1) is 7.47. The van der Waals surface area contributed by atoms with E-state index < -0.39 is 17.4 Å². The third-order valence-electron chi connectivity index (χ3n) is 2.12. The van der Waals surface area contributed by atoms with Crippen molar-refractivity contribution in [2.75, 3.05) is 0 Å². The number of hydrogen-bond acceptors (Lipinski definition) is 1. The number of aromatic amines is 2. The van der Waals surface area contributed by atoms with Gasteiger partial charge in [0.25, 0.3) is 0 Å². The molecule has 0 bridgehead atoms. The lowest BCUT2D eigenvalue weighted by Crippen LogP contribution is -2.04. The average molecular weight is 228 g/mol. The summed E-state index contributed by atoms with van der Waals surface area (Å²) in [4.78, 5) is 15.6. The summed E-state index contributed by atoms with van der Waals surface area (Å²) in [6, 6.07) is 4.56. The Kier molecular flexibility index (Phi) is 2.34. The van der Waals surface area contributed by atoms with Crippen LogP contribution in [-0.2, 0) is 6.18 Å². The molecule has 0 saturated heterocycles. The maximum atomic E-state index is 12.3. The third-order valence-corrected chi connectivity index (χ3v) is 2.12. The van der Waals surface area contributed by atoms with Gasteiger partial charge in [-0.15, -0.1) is 0 Å². The third kappa shape index (κ3) is 2.00. The summed E-state index contributed by atoms with van der Waals surface area (Å²) in [6.45, 7) is 0. The van der Waals surface area contributed by atoms with Crippen LogP contribution in [-0.4, -0.2) is 9.97 Å². The monoisotopic (exact) mass is 228 g/mol. The molecule has 1 aromatic heterocycles. The molecule has 3 nitrogen and oxygen atoms in total. The van der Waals surface area contributed by atoms with Crippen molar-refractivity contribution < 1.29 is 13.2 Å². The van der Waals surface area contributed by atoms with Gasteiger partial charge < -0.3 is 9.97 Å². The topological polar surface area (TPSA) is 48.6 Å². The second-order valence-corrected chi connectivity index (χ2v) is 3.23. The Morgan fingerprint density at radius 2 is 1.69 bits per heavy atom. The van der Waals surface area contributed by atoms with Crippen LogP contribution in [0.15, 0.2) is 35.3 Å². The molecular formula is C10H7F3N2O. The van der Waals surface area contributed by atoms with Crippen LogP contribution in [0.1, 0.15) is 5.56 Å². The van der Waals surface area contributed by atoms with Crippen LogP contribution in [0.5, 0.6) is 0 Å². The number of hydrogen-bond donors (Lipinski definition) is 2. The van der Waals surface area contributed by atoms with Gasteiger partial charge in [0.1, 0.15) is 0 Å². The average Bonchev–Trinajstić information content (AvgIpc) is 2.64. The van der Waals surface area contributed by atoms with E-state index in [-0.39, 0.29) is 0 Å². The van der Waals surface area contributed by atoms with Crippen molar-refractivity contribution in [2.24, 2.45) is 0 Å². The lowest BCUT2D eigenvalue weighted by Gasteiger charge is -2.06. The van der Waals surface area contributed by atoms with E-state index in [9.17, 15) is 18.0 Å². The first-order valence-electron chi connectivity index (χ1n) is 4.42. The van der Waals surface area contributed by atoms with E-state index in [1.54, 1.807) is 0 Å². The van der Waals surface area contributed by atoms with Gasteiger partial charge in [0, 0.05) is 6.20 Å². The first kappa shape index (κ1) is 10.5. The fraction of sp³-hybridized carbons (Fsp3) is 0.100. The van der Waals surface area contributed by atoms with Gasteiger partial charge in [0.05, 0.1) is 11.3 Å². The lowest BCUT2D eigenvalue weighted by atomic mass is 10.1. The molecule has 0 aliphatic carbocycles. The predicted octanol–water partition coefficient (Wildman–Crippen LogP) is 2.39. The molecule has 16 heavy (non-hydrogen) atoms. The smallest absolute Gasteiger partial charge is 0.312 e. The van der Waals surface area contributed by atoms with E-state index in [0.717, 1.165) is 12.1 Å². The molecule has 0 aliphatic heterocycles. The summed E-state index contributed by atoms with van der Waals surface area (Å²) < 4.78 is 36.8. The van der Waals surface area contributed by atoms with Crippen LogP contribution in [0.25, 0.3) is 11.3 Å². The molecule has 0 unspecified atom stereocenters. The van der Waals surface area contributed by atoms with Gasteiger partial charge in [0.15, 0.2) is 0 Å². The number of halogens is 3. The second kappa shape index (κ2) is 3.55. The molecule has 0 saturated carbocycles. The molecule has 0 spiro atoms. The number of alkyl halides is 3. The highest BCUT2D eigenvalue weighted by Crippen LogP contribution is 2.30. The number of rotatable bonds is 1. The second-order valence-electron chi connectivity index (χ2n) is 3.23. The summed E-state index contributed by atoms with van der Waals surface area (Å²) in [5.74, 6) is 0. The van der Waals surface area contributed by atoms with Gasteiger partial charge in [-0.1, -0.05) is 12.1 Å². The van der Waals surface area contributed by atoms with Gasteiger partial charge in [0.2, 0.25) is 0 Å². The molecule has 0 aliphatic rings. The quantitative estimate of drug-likeness (QED) is 0.773. The molecule has 0 amide bonds. The maximum absolute atomic E-state index is 12.3. The van der Waals surface area contributed by atoms with Crippen molar-refractivity contribution >= 4 is 0 Å². The van der Waals surface area contributed by atoms with E-state index in [1.807, 2.05) is 0 Å². The molecule has 1 heterocycles. The Balaban J connectivity index is 2.36. The zero-order valence-electron chi connectivity index (χ0n) is 7.93. The number of H-pyrrole nitrogens is 2. The van der Waals surface area contributed by atoms with Gasteiger partial charge in [-0.05, 0) is 17.7 Å². The Morgan fingerprint density at radius 3 is 2.12 bits per heavy atom. The molecule has 84 valence electrons. The minimum Gasteiger partial charge on any atom is -0.312 e. The normalized spacial score (nSPS) is 11.7. The van der Waals surface area contributed by atoms with Crippen molar-refractivity contribution in [2.45, 2.75) is 6.18 Å². The van der Waals surface area contributed by atoms with Gasteiger partial charge in [-0.2, -0.15) is 13.2 Å². The predicted molar refractivity (Wildman–Crippen MR) is 51.9 cm³/mol. The molecule has 0 fully saturated rings. The molecule has 2 aromatic rings. The van der Waals surface area contributed by atoms with E-state index in [0.29, 0.717) is 11.3 Å². The Hall–Kier alpha value is -1.98. The minimum absolute atomic E-state index is 0.394. The molecule has 1 aromatic carbocycles. The molecule has 0 atom stereocenters. The largest absolute Gasteiger partial charge is 0.416 e. The number of aromatic nitrogens is 2. The highest BCUT2D eigenvalue weighted by molar-refractivity contribution is 5.58. The fourth-order valence-corrected chi connectivity index (χ4v) is 1.33. The molecular weight excluding hydrogens is 221 g/mol. The van der Waals surface area contributed by atoms with Crippen LogP contribution >= 0.6 is 0 Å². The van der Waals surface area contributed by atoms with Gasteiger partial charge >= 0.3 is 11.9 Å². The molecule has 2 N–H and O–H groups in total. The van der Waals surface area contributed by atoms with Crippen molar-refractivity contribution in [3.8, 4) is 11.3 Å². The summed E-state index contributed by atoms with van der Waals surface area (Å²) >= 11 is 0. The van der Waals surface area contributed by atoms with Crippen molar-refractivity contribution in [3.05, 3.63) is 46.5 Å². The summed E-state index contributed by atoms with van der Waals surface area (Å²) in [5, 5.41) is 0. The number of benzene rings is 1. The summed E-state index contributed by atoms with van der Waals surface area (Å²) in [5.41, 5.74) is -0.130. The Morgan fingerprint density at radius 1 is 1.06 bits per heavy atom. The minimum atomic E-state index is -4.34. The van der Waals surface area contributed by atoms with E-state index in [2.05, 4.69) is 9.97 Å². The highest BCUT2D eigenvalue weighted by atomic mass is 19.4. The van der Waals surface area contributed by atoms with E-state index in [1.165, 1.54) is 18.3 Å².